The first-order valence-electron chi connectivity index (χ1n) is 5.80. The minimum absolute atomic E-state index is 0.600. The first-order chi connectivity index (χ1) is 9.13. The van der Waals surface area contributed by atoms with Crippen molar-refractivity contribution in [1.82, 2.24) is 9.97 Å². The number of fused-ring (bicyclic) bond motifs is 2. The number of thiophene rings is 1. The Morgan fingerprint density at radius 3 is 1.68 bits per heavy atom. The number of nitrogens with zero attached hydrogens (tertiary/aromatic N) is 2. The molecule has 0 unspecified atom stereocenters. The van der Waals surface area contributed by atoms with E-state index in [1.54, 1.807) is 0 Å². The SMILES string of the molecule is Cc1cc2nc3/c(=C/O)s/c(=C/O)c3nc2cc1C. The molecular formula is C14H12N2O2S. The Balaban J connectivity index is 2.57. The molecule has 96 valence electrons. The number of aromatic nitrogens is 2. The van der Waals surface area contributed by atoms with Gasteiger partial charge in [-0.15, -0.1) is 11.3 Å². The van der Waals surface area contributed by atoms with Crippen LogP contribution in [0.5, 0.6) is 0 Å². The van der Waals surface area contributed by atoms with E-state index < -0.39 is 0 Å². The summed E-state index contributed by atoms with van der Waals surface area (Å²) in [6.07, 6.45) is 2.00. The summed E-state index contributed by atoms with van der Waals surface area (Å²) in [7, 11) is 0. The summed E-state index contributed by atoms with van der Waals surface area (Å²) in [5.74, 6) is 0. The third-order valence-corrected chi connectivity index (χ3v) is 4.24. The lowest BCUT2D eigenvalue weighted by Crippen LogP contribution is -1.98. The van der Waals surface area contributed by atoms with Crippen LogP contribution in [0.15, 0.2) is 12.1 Å². The van der Waals surface area contributed by atoms with Gasteiger partial charge in [-0.05, 0) is 37.1 Å². The first-order valence-corrected chi connectivity index (χ1v) is 6.62. The molecule has 0 saturated carbocycles. The monoisotopic (exact) mass is 272 g/mol. The Bertz CT molecular complexity index is 839. The van der Waals surface area contributed by atoms with Gasteiger partial charge in [0.05, 0.1) is 32.6 Å². The van der Waals surface area contributed by atoms with E-state index in [1.807, 2.05) is 26.0 Å². The molecule has 0 radical (unpaired) electrons. The van der Waals surface area contributed by atoms with Gasteiger partial charge >= 0.3 is 0 Å². The number of rotatable bonds is 0. The van der Waals surface area contributed by atoms with Crippen molar-refractivity contribution >= 4 is 45.9 Å². The third-order valence-electron chi connectivity index (χ3n) is 3.20. The number of hydrogen-bond acceptors (Lipinski definition) is 5. The quantitative estimate of drug-likeness (QED) is 0.657. The lowest BCUT2D eigenvalue weighted by Gasteiger charge is -2.02. The van der Waals surface area contributed by atoms with Crippen LogP contribution in [0.4, 0.5) is 0 Å². The zero-order valence-electron chi connectivity index (χ0n) is 10.5. The van der Waals surface area contributed by atoms with Crippen molar-refractivity contribution in [3.05, 3.63) is 32.3 Å². The van der Waals surface area contributed by atoms with Crippen molar-refractivity contribution in [3.63, 3.8) is 0 Å². The van der Waals surface area contributed by atoms with E-state index in [9.17, 15) is 10.2 Å². The molecule has 0 aliphatic rings. The average Bonchev–Trinajstić information content (AvgIpc) is 2.75. The standard InChI is InChI=1S/C14H12N2O2S/c1-7-3-9-10(4-8(7)2)16-14-12(6-18)19-11(5-17)13(14)15-9/h3-6,17-18H,1-2H3/b11-5-,12-6+. The lowest BCUT2D eigenvalue weighted by atomic mass is 10.1. The zero-order valence-corrected chi connectivity index (χ0v) is 11.3. The van der Waals surface area contributed by atoms with Gasteiger partial charge in [0.15, 0.2) is 0 Å². The Kier molecular flexibility index (Phi) is 2.64. The maximum atomic E-state index is 9.24. The summed E-state index contributed by atoms with van der Waals surface area (Å²) in [6.45, 7) is 4.06. The van der Waals surface area contributed by atoms with Crippen molar-refractivity contribution in [2.24, 2.45) is 0 Å². The molecule has 2 N–H and O–H groups in total. The molecule has 0 saturated heterocycles. The smallest absolute Gasteiger partial charge is 0.111 e. The van der Waals surface area contributed by atoms with Crippen LogP contribution >= 0.6 is 11.3 Å². The molecule has 3 aromatic rings. The molecule has 1 aromatic carbocycles. The lowest BCUT2D eigenvalue weighted by molar-refractivity contribution is 0.542. The maximum absolute atomic E-state index is 9.24. The largest absolute Gasteiger partial charge is 0.514 e. The molecule has 0 fully saturated rings. The molecule has 0 aliphatic carbocycles. The Morgan fingerprint density at radius 2 is 1.32 bits per heavy atom. The second kappa shape index (κ2) is 4.20. The molecule has 19 heavy (non-hydrogen) atoms. The van der Waals surface area contributed by atoms with Crippen LogP contribution in [0.3, 0.4) is 0 Å². The number of hydrogen-bond donors (Lipinski definition) is 2. The molecule has 0 spiro atoms. The fourth-order valence-corrected chi connectivity index (χ4v) is 2.87. The van der Waals surface area contributed by atoms with Gasteiger partial charge in [-0.3, -0.25) is 0 Å². The topological polar surface area (TPSA) is 66.2 Å². The second-order valence-corrected chi connectivity index (χ2v) is 5.52. The number of aliphatic hydroxyl groups is 2. The minimum atomic E-state index is 0.600. The van der Waals surface area contributed by atoms with Gasteiger partial charge in [-0.1, -0.05) is 0 Å². The highest BCUT2D eigenvalue weighted by atomic mass is 32.1. The van der Waals surface area contributed by atoms with E-state index in [2.05, 4.69) is 9.97 Å². The number of aliphatic hydroxyl groups excluding tert-OH is 2. The highest BCUT2D eigenvalue weighted by molar-refractivity contribution is 7.09. The first kappa shape index (κ1) is 11.9. The molecule has 4 nitrogen and oxygen atoms in total. The summed E-state index contributed by atoms with van der Waals surface area (Å²) >= 11 is 1.26. The van der Waals surface area contributed by atoms with Gasteiger partial charge in [-0.2, -0.15) is 0 Å². The number of aryl methyl sites for hydroxylation is 2. The normalized spacial score (nSPS) is 13.8. The fourth-order valence-electron chi connectivity index (χ4n) is 2.05. The van der Waals surface area contributed by atoms with Gasteiger partial charge in [-0.25, -0.2) is 9.97 Å². The van der Waals surface area contributed by atoms with E-state index in [1.165, 1.54) is 11.3 Å². The fraction of sp³-hybridized carbons (Fsp3) is 0.143. The van der Waals surface area contributed by atoms with Gasteiger partial charge < -0.3 is 10.2 Å². The minimum Gasteiger partial charge on any atom is -0.514 e. The molecule has 0 bridgehead atoms. The van der Waals surface area contributed by atoms with Gasteiger partial charge in [0, 0.05) is 0 Å². The molecule has 0 aliphatic heterocycles. The van der Waals surface area contributed by atoms with Crippen molar-refractivity contribution in [3.8, 4) is 0 Å². The van der Waals surface area contributed by atoms with Crippen molar-refractivity contribution in [1.29, 1.82) is 0 Å². The summed E-state index contributed by atoms with van der Waals surface area (Å²) < 4.78 is 1.20. The van der Waals surface area contributed by atoms with Crippen molar-refractivity contribution in [2.45, 2.75) is 13.8 Å². The van der Waals surface area contributed by atoms with E-state index in [-0.39, 0.29) is 0 Å². The van der Waals surface area contributed by atoms with Crippen LogP contribution in [-0.2, 0) is 0 Å². The molecule has 5 heteroatoms. The summed E-state index contributed by atoms with van der Waals surface area (Å²) in [4.78, 5) is 9.09. The molecule has 0 amide bonds. The van der Waals surface area contributed by atoms with Crippen LogP contribution in [0.2, 0.25) is 0 Å². The number of benzene rings is 1. The van der Waals surface area contributed by atoms with Crippen LogP contribution in [0.1, 0.15) is 11.1 Å². The van der Waals surface area contributed by atoms with Crippen LogP contribution < -0.4 is 9.06 Å². The van der Waals surface area contributed by atoms with Crippen molar-refractivity contribution < 1.29 is 10.2 Å². The van der Waals surface area contributed by atoms with Gasteiger partial charge in [0.1, 0.15) is 11.0 Å². The predicted molar refractivity (Wildman–Crippen MR) is 77.8 cm³/mol. The molecule has 3 rings (SSSR count). The summed E-state index contributed by atoms with van der Waals surface area (Å²) in [5.41, 5.74) is 5.12. The molecule has 2 aromatic heterocycles. The molecular weight excluding hydrogens is 260 g/mol. The summed E-state index contributed by atoms with van der Waals surface area (Å²) in [5, 5.41) is 18.5. The highest BCUT2D eigenvalue weighted by Gasteiger charge is 2.08. The Morgan fingerprint density at radius 1 is 0.895 bits per heavy atom. The van der Waals surface area contributed by atoms with E-state index >= 15 is 0 Å². The predicted octanol–water partition coefficient (Wildman–Crippen LogP) is 2.05. The maximum Gasteiger partial charge on any atom is 0.111 e. The van der Waals surface area contributed by atoms with E-state index in [4.69, 9.17) is 0 Å². The Labute approximate surface area is 113 Å². The average molecular weight is 272 g/mol. The Hall–Kier alpha value is -2.14. The molecule has 0 atom stereocenters. The third kappa shape index (κ3) is 1.74. The highest BCUT2D eigenvalue weighted by Crippen LogP contribution is 2.18. The van der Waals surface area contributed by atoms with E-state index in [0.717, 1.165) is 34.7 Å². The second-order valence-electron chi connectivity index (χ2n) is 4.43. The van der Waals surface area contributed by atoms with Crippen molar-refractivity contribution in [2.75, 3.05) is 0 Å². The summed E-state index contributed by atoms with van der Waals surface area (Å²) in [6, 6.07) is 3.97. The molecule has 2 heterocycles. The van der Waals surface area contributed by atoms with Crippen LogP contribution in [-0.4, -0.2) is 20.2 Å². The van der Waals surface area contributed by atoms with Gasteiger partial charge in [0.25, 0.3) is 0 Å². The van der Waals surface area contributed by atoms with Crippen LogP contribution in [0.25, 0.3) is 34.6 Å². The van der Waals surface area contributed by atoms with E-state index in [0.29, 0.717) is 20.1 Å². The van der Waals surface area contributed by atoms with Gasteiger partial charge in [0.2, 0.25) is 0 Å². The zero-order chi connectivity index (χ0) is 13.6. The van der Waals surface area contributed by atoms with Crippen LogP contribution in [0, 0.1) is 13.8 Å².